The van der Waals surface area contributed by atoms with Gasteiger partial charge in [0.15, 0.2) is 5.96 Å². The van der Waals surface area contributed by atoms with E-state index < -0.39 is 0 Å². The third kappa shape index (κ3) is 11.9. The summed E-state index contributed by atoms with van der Waals surface area (Å²) in [4.78, 5) is 17.9. The van der Waals surface area contributed by atoms with E-state index >= 15 is 0 Å². The second-order valence-electron chi connectivity index (χ2n) is 6.64. The fourth-order valence-corrected chi connectivity index (χ4v) is 2.95. The standard InChI is InChI=1S/C18H37N5O2.HI/c1-3-4-13-25-14-7-10-22-18(20-2)21-9-6-12-23-11-5-8-16(15-23)17(19)24;/h16H,3-15H2,1-2H3,(H2,19,24)(H2,20,21,22);1H. The summed E-state index contributed by atoms with van der Waals surface area (Å²) in [6.45, 7) is 8.40. The van der Waals surface area contributed by atoms with Crippen molar-refractivity contribution in [2.75, 3.05) is 53.0 Å². The van der Waals surface area contributed by atoms with E-state index in [2.05, 4.69) is 27.4 Å². The number of rotatable bonds is 12. The first-order valence-corrected chi connectivity index (χ1v) is 9.71. The number of likely N-dealkylation sites (tertiary alicyclic amines) is 1. The largest absolute Gasteiger partial charge is 0.381 e. The molecule has 8 heteroatoms. The number of piperidine rings is 1. The molecule has 0 aromatic heterocycles. The van der Waals surface area contributed by atoms with Crippen molar-refractivity contribution in [3.8, 4) is 0 Å². The highest BCUT2D eigenvalue weighted by atomic mass is 127. The van der Waals surface area contributed by atoms with E-state index in [1.165, 1.54) is 6.42 Å². The number of unbranched alkanes of at least 4 members (excludes halogenated alkanes) is 1. The van der Waals surface area contributed by atoms with Crippen LogP contribution in [0.2, 0.25) is 0 Å². The summed E-state index contributed by atoms with van der Waals surface area (Å²) in [6, 6.07) is 0. The summed E-state index contributed by atoms with van der Waals surface area (Å²) >= 11 is 0. The highest BCUT2D eigenvalue weighted by Gasteiger charge is 2.23. The minimum absolute atomic E-state index is 0. The van der Waals surface area contributed by atoms with E-state index in [1.54, 1.807) is 7.05 Å². The maximum Gasteiger partial charge on any atom is 0.221 e. The molecular formula is C18H38IN5O2. The molecule has 0 spiro atoms. The molecule has 1 rings (SSSR count). The van der Waals surface area contributed by atoms with Gasteiger partial charge in [0.2, 0.25) is 5.91 Å². The van der Waals surface area contributed by atoms with Gasteiger partial charge in [0, 0.05) is 39.9 Å². The van der Waals surface area contributed by atoms with Gasteiger partial charge in [-0.25, -0.2) is 0 Å². The van der Waals surface area contributed by atoms with E-state index in [0.29, 0.717) is 0 Å². The maximum absolute atomic E-state index is 11.3. The normalized spacial score (nSPS) is 18.2. The molecule has 154 valence electrons. The van der Waals surface area contributed by atoms with Crippen molar-refractivity contribution in [1.82, 2.24) is 15.5 Å². The summed E-state index contributed by atoms with van der Waals surface area (Å²) in [6.07, 6.45) is 6.30. The van der Waals surface area contributed by atoms with Gasteiger partial charge < -0.3 is 26.0 Å². The van der Waals surface area contributed by atoms with Crippen molar-refractivity contribution in [2.45, 2.75) is 45.4 Å². The van der Waals surface area contributed by atoms with Crippen molar-refractivity contribution in [1.29, 1.82) is 0 Å². The first-order valence-electron chi connectivity index (χ1n) is 9.71. The van der Waals surface area contributed by atoms with Crippen LogP contribution in [-0.2, 0) is 9.53 Å². The lowest BCUT2D eigenvalue weighted by Gasteiger charge is -2.31. The highest BCUT2D eigenvalue weighted by Crippen LogP contribution is 2.15. The average molecular weight is 483 g/mol. The first-order chi connectivity index (χ1) is 12.2. The number of halogens is 1. The number of amides is 1. The van der Waals surface area contributed by atoms with Gasteiger partial charge in [-0.15, -0.1) is 24.0 Å². The summed E-state index contributed by atoms with van der Waals surface area (Å²) in [5.41, 5.74) is 5.42. The minimum atomic E-state index is -0.161. The Morgan fingerprint density at radius 2 is 1.92 bits per heavy atom. The van der Waals surface area contributed by atoms with Crippen LogP contribution in [0.25, 0.3) is 0 Å². The van der Waals surface area contributed by atoms with Crippen LogP contribution in [0.5, 0.6) is 0 Å². The van der Waals surface area contributed by atoms with Crippen LogP contribution in [0.4, 0.5) is 0 Å². The number of nitrogens with two attached hydrogens (primary N) is 1. The van der Waals surface area contributed by atoms with E-state index in [9.17, 15) is 4.79 Å². The van der Waals surface area contributed by atoms with Crippen LogP contribution in [0.1, 0.15) is 45.4 Å². The number of primary amides is 1. The van der Waals surface area contributed by atoms with E-state index in [-0.39, 0.29) is 35.8 Å². The summed E-state index contributed by atoms with van der Waals surface area (Å²) in [5, 5.41) is 6.64. The van der Waals surface area contributed by atoms with Crippen LogP contribution in [0, 0.1) is 5.92 Å². The lowest BCUT2D eigenvalue weighted by Crippen LogP contribution is -2.43. The zero-order valence-corrected chi connectivity index (χ0v) is 18.8. The van der Waals surface area contributed by atoms with Crippen LogP contribution >= 0.6 is 24.0 Å². The molecule has 0 saturated carbocycles. The number of nitrogens with one attached hydrogen (secondary N) is 2. The third-order valence-corrected chi connectivity index (χ3v) is 4.48. The molecule has 1 saturated heterocycles. The molecule has 0 bridgehead atoms. The fourth-order valence-electron chi connectivity index (χ4n) is 2.95. The molecule has 1 amide bonds. The summed E-state index contributed by atoms with van der Waals surface area (Å²) in [7, 11) is 1.79. The average Bonchev–Trinajstić information content (AvgIpc) is 2.62. The van der Waals surface area contributed by atoms with Gasteiger partial charge in [-0.05, 0) is 45.2 Å². The van der Waals surface area contributed by atoms with Crippen LogP contribution < -0.4 is 16.4 Å². The van der Waals surface area contributed by atoms with Crippen molar-refractivity contribution < 1.29 is 9.53 Å². The molecule has 0 radical (unpaired) electrons. The van der Waals surface area contributed by atoms with Gasteiger partial charge >= 0.3 is 0 Å². The number of ether oxygens (including phenoxy) is 1. The van der Waals surface area contributed by atoms with Gasteiger partial charge in [0.1, 0.15) is 0 Å². The summed E-state index contributed by atoms with van der Waals surface area (Å²) < 4.78 is 5.54. The summed E-state index contributed by atoms with van der Waals surface area (Å²) in [5.74, 6) is 0.698. The van der Waals surface area contributed by atoms with Gasteiger partial charge in [-0.3, -0.25) is 9.79 Å². The van der Waals surface area contributed by atoms with E-state index in [4.69, 9.17) is 10.5 Å². The Morgan fingerprint density at radius 3 is 2.58 bits per heavy atom. The fraction of sp³-hybridized carbons (Fsp3) is 0.889. The van der Waals surface area contributed by atoms with Crippen molar-refractivity contribution >= 4 is 35.8 Å². The second kappa shape index (κ2) is 16.6. The number of aliphatic imine (C=N–C) groups is 1. The molecule has 26 heavy (non-hydrogen) atoms. The number of guanidine groups is 1. The van der Waals surface area contributed by atoms with E-state index in [1.807, 2.05) is 0 Å². The molecule has 1 atom stereocenters. The van der Waals surface area contributed by atoms with Crippen LogP contribution in [0.3, 0.4) is 0 Å². The number of hydrogen-bond donors (Lipinski definition) is 3. The number of carbonyl (C=O) groups excluding carboxylic acids is 1. The topological polar surface area (TPSA) is 92.0 Å². The zero-order valence-electron chi connectivity index (χ0n) is 16.5. The Bertz CT molecular complexity index is 396. The Kier molecular flexibility index (Phi) is 16.2. The van der Waals surface area contributed by atoms with Crippen molar-refractivity contribution in [3.63, 3.8) is 0 Å². The Hall–Kier alpha value is -0.610. The lowest BCUT2D eigenvalue weighted by atomic mass is 9.97. The molecule has 4 N–H and O–H groups in total. The quantitative estimate of drug-likeness (QED) is 0.170. The Morgan fingerprint density at radius 1 is 1.23 bits per heavy atom. The molecule has 1 fully saturated rings. The second-order valence-corrected chi connectivity index (χ2v) is 6.64. The maximum atomic E-state index is 11.3. The molecule has 1 heterocycles. The molecule has 1 unspecified atom stereocenters. The number of carbonyl (C=O) groups is 1. The predicted octanol–water partition coefficient (Wildman–Crippen LogP) is 1.56. The van der Waals surface area contributed by atoms with Gasteiger partial charge in [-0.2, -0.15) is 0 Å². The third-order valence-electron chi connectivity index (χ3n) is 4.48. The molecule has 1 aliphatic rings. The Labute approximate surface area is 175 Å². The van der Waals surface area contributed by atoms with Crippen molar-refractivity contribution in [2.24, 2.45) is 16.6 Å². The lowest BCUT2D eigenvalue weighted by molar-refractivity contribution is -0.123. The SMILES string of the molecule is CCCCOCCCNC(=NC)NCCCN1CCCC(C(N)=O)C1.I. The smallest absolute Gasteiger partial charge is 0.221 e. The first kappa shape index (κ1) is 25.4. The highest BCUT2D eigenvalue weighted by molar-refractivity contribution is 14.0. The predicted molar refractivity (Wildman–Crippen MR) is 118 cm³/mol. The monoisotopic (exact) mass is 483 g/mol. The van der Waals surface area contributed by atoms with E-state index in [0.717, 1.165) is 84.0 Å². The molecule has 0 aliphatic carbocycles. The number of hydrogen-bond acceptors (Lipinski definition) is 4. The molecule has 7 nitrogen and oxygen atoms in total. The van der Waals surface area contributed by atoms with Gasteiger partial charge in [0.25, 0.3) is 0 Å². The molecule has 0 aromatic rings. The van der Waals surface area contributed by atoms with Crippen LogP contribution in [0.15, 0.2) is 4.99 Å². The molecule has 1 aliphatic heterocycles. The van der Waals surface area contributed by atoms with Gasteiger partial charge in [-0.1, -0.05) is 13.3 Å². The van der Waals surface area contributed by atoms with Crippen molar-refractivity contribution in [3.05, 3.63) is 0 Å². The zero-order chi connectivity index (χ0) is 18.3. The van der Waals surface area contributed by atoms with Crippen LogP contribution in [-0.4, -0.2) is 69.8 Å². The molecular weight excluding hydrogens is 445 g/mol. The number of nitrogens with zero attached hydrogens (tertiary/aromatic N) is 2. The van der Waals surface area contributed by atoms with Gasteiger partial charge in [0.05, 0.1) is 5.92 Å². The Balaban J connectivity index is 0.00000625. The molecule has 0 aromatic carbocycles. The minimum Gasteiger partial charge on any atom is -0.381 e.